The van der Waals surface area contributed by atoms with Gasteiger partial charge in [-0.3, -0.25) is 0 Å². The fourth-order valence-corrected chi connectivity index (χ4v) is 1.92. The van der Waals surface area contributed by atoms with Crippen molar-refractivity contribution in [3.05, 3.63) is 28.8 Å². The second-order valence-electron chi connectivity index (χ2n) is 3.62. The smallest absolute Gasteiger partial charge is 0.387 e. The Morgan fingerprint density at radius 3 is 2.94 bits per heavy atom. The highest BCUT2D eigenvalue weighted by atomic mass is 35.5. The van der Waals surface area contributed by atoms with Crippen LogP contribution in [0.4, 0.5) is 8.78 Å². The van der Waals surface area contributed by atoms with Crippen LogP contribution in [0.15, 0.2) is 18.2 Å². The molecule has 0 aliphatic carbocycles. The standard InChI is InChI=1S/C11H12ClF2NO2/c12-7-1-2-9(17-11(13)14)8(5-7)10-6-15-3-4-16-10/h1-2,5,10-11,15H,3-4,6H2. The first-order valence-corrected chi connectivity index (χ1v) is 5.61. The third-order valence-electron chi connectivity index (χ3n) is 2.46. The summed E-state index contributed by atoms with van der Waals surface area (Å²) in [5, 5.41) is 3.59. The van der Waals surface area contributed by atoms with Crippen LogP contribution in [0, 0.1) is 0 Å². The number of hydrogen-bond donors (Lipinski definition) is 1. The summed E-state index contributed by atoms with van der Waals surface area (Å²) in [5.74, 6) is 0.109. The normalized spacial score (nSPS) is 20.6. The van der Waals surface area contributed by atoms with E-state index in [2.05, 4.69) is 10.1 Å². The summed E-state index contributed by atoms with van der Waals surface area (Å²) in [6, 6.07) is 4.54. The summed E-state index contributed by atoms with van der Waals surface area (Å²) in [7, 11) is 0. The Bertz CT molecular complexity index is 384. The first-order chi connectivity index (χ1) is 8.16. The highest BCUT2D eigenvalue weighted by molar-refractivity contribution is 6.30. The summed E-state index contributed by atoms with van der Waals surface area (Å²) in [6.07, 6.45) is -0.309. The van der Waals surface area contributed by atoms with Gasteiger partial charge >= 0.3 is 6.61 Å². The molecule has 0 amide bonds. The Kier molecular flexibility index (Phi) is 4.15. The molecular weight excluding hydrogens is 252 g/mol. The Hall–Kier alpha value is -0.910. The van der Waals surface area contributed by atoms with Crippen molar-refractivity contribution in [2.75, 3.05) is 19.7 Å². The van der Waals surface area contributed by atoms with Crippen molar-refractivity contribution in [1.82, 2.24) is 5.32 Å². The van der Waals surface area contributed by atoms with Crippen LogP contribution >= 0.6 is 11.6 Å². The lowest BCUT2D eigenvalue weighted by Gasteiger charge is -2.25. The third-order valence-corrected chi connectivity index (χ3v) is 2.70. The molecule has 17 heavy (non-hydrogen) atoms. The monoisotopic (exact) mass is 263 g/mol. The molecule has 3 nitrogen and oxygen atoms in total. The van der Waals surface area contributed by atoms with E-state index in [1.165, 1.54) is 12.1 Å². The van der Waals surface area contributed by atoms with Gasteiger partial charge in [0.15, 0.2) is 0 Å². The fraction of sp³-hybridized carbons (Fsp3) is 0.455. The van der Waals surface area contributed by atoms with Crippen LogP contribution in [0.2, 0.25) is 5.02 Å². The zero-order valence-corrected chi connectivity index (χ0v) is 9.71. The lowest BCUT2D eigenvalue weighted by Crippen LogP contribution is -2.33. The number of alkyl halides is 2. The van der Waals surface area contributed by atoms with E-state index in [0.717, 1.165) is 6.54 Å². The molecular formula is C11H12ClF2NO2. The number of halogens is 3. The van der Waals surface area contributed by atoms with E-state index in [9.17, 15) is 8.78 Å². The topological polar surface area (TPSA) is 30.5 Å². The van der Waals surface area contributed by atoms with Gasteiger partial charge in [-0.15, -0.1) is 0 Å². The largest absolute Gasteiger partial charge is 0.434 e. The summed E-state index contributed by atoms with van der Waals surface area (Å²) in [6.45, 7) is -1.01. The van der Waals surface area contributed by atoms with E-state index in [4.69, 9.17) is 16.3 Å². The minimum absolute atomic E-state index is 0.109. The second-order valence-corrected chi connectivity index (χ2v) is 4.06. The first kappa shape index (κ1) is 12.5. The van der Waals surface area contributed by atoms with Crippen LogP contribution < -0.4 is 10.1 Å². The number of morpholine rings is 1. The molecule has 1 unspecified atom stereocenters. The number of nitrogens with one attached hydrogen (secondary N) is 1. The van der Waals surface area contributed by atoms with Gasteiger partial charge in [-0.2, -0.15) is 8.78 Å². The fourth-order valence-electron chi connectivity index (χ4n) is 1.74. The summed E-state index contributed by atoms with van der Waals surface area (Å²) in [5.41, 5.74) is 0.546. The molecule has 1 saturated heterocycles. The molecule has 1 aliphatic rings. The van der Waals surface area contributed by atoms with Crippen molar-refractivity contribution in [1.29, 1.82) is 0 Å². The molecule has 0 aromatic heterocycles. The number of rotatable bonds is 3. The molecule has 94 valence electrons. The zero-order valence-electron chi connectivity index (χ0n) is 8.96. The van der Waals surface area contributed by atoms with Crippen LogP contribution in [0.25, 0.3) is 0 Å². The third kappa shape index (κ3) is 3.28. The maximum Gasteiger partial charge on any atom is 0.387 e. The second kappa shape index (κ2) is 5.62. The molecule has 1 fully saturated rings. The average Bonchev–Trinajstić information content (AvgIpc) is 2.32. The van der Waals surface area contributed by atoms with E-state index >= 15 is 0 Å². The summed E-state index contributed by atoms with van der Waals surface area (Å²) < 4.78 is 34.5. The van der Waals surface area contributed by atoms with Crippen molar-refractivity contribution < 1.29 is 18.3 Å². The van der Waals surface area contributed by atoms with Crippen molar-refractivity contribution in [2.45, 2.75) is 12.7 Å². The quantitative estimate of drug-likeness (QED) is 0.909. The lowest BCUT2D eigenvalue weighted by atomic mass is 10.1. The van der Waals surface area contributed by atoms with E-state index in [1.807, 2.05) is 0 Å². The van der Waals surface area contributed by atoms with Crippen molar-refractivity contribution in [2.24, 2.45) is 0 Å². The van der Waals surface area contributed by atoms with Crippen molar-refractivity contribution in [3.8, 4) is 5.75 Å². The summed E-state index contributed by atoms with van der Waals surface area (Å²) in [4.78, 5) is 0. The first-order valence-electron chi connectivity index (χ1n) is 5.23. The Labute approximate surface area is 103 Å². The van der Waals surface area contributed by atoms with E-state index < -0.39 is 6.61 Å². The Balaban J connectivity index is 2.25. The Morgan fingerprint density at radius 2 is 2.29 bits per heavy atom. The van der Waals surface area contributed by atoms with Crippen LogP contribution in [0.5, 0.6) is 5.75 Å². The molecule has 2 rings (SSSR count). The van der Waals surface area contributed by atoms with E-state index in [1.54, 1.807) is 6.07 Å². The zero-order chi connectivity index (χ0) is 12.3. The molecule has 0 bridgehead atoms. The molecule has 0 saturated carbocycles. The van der Waals surface area contributed by atoms with E-state index in [-0.39, 0.29) is 11.9 Å². The van der Waals surface area contributed by atoms with Gasteiger partial charge in [-0.25, -0.2) is 0 Å². The van der Waals surface area contributed by atoms with Gasteiger partial charge in [0.2, 0.25) is 0 Å². The molecule has 1 aromatic rings. The van der Waals surface area contributed by atoms with Gasteiger partial charge in [-0.05, 0) is 18.2 Å². The van der Waals surface area contributed by atoms with Gasteiger partial charge in [0.25, 0.3) is 0 Å². The number of ether oxygens (including phenoxy) is 2. The lowest BCUT2D eigenvalue weighted by molar-refractivity contribution is -0.0533. The molecule has 1 heterocycles. The van der Waals surface area contributed by atoms with Crippen LogP contribution in [-0.2, 0) is 4.74 Å². The molecule has 6 heteroatoms. The van der Waals surface area contributed by atoms with Crippen molar-refractivity contribution in [3.63, 3.8) is 0 Å². The molecule has 1 aromatic carbocycles. The number of hydrogen-bond acceptors (Lipinski definition) is 3. The van der Waals surface area contributed by atoms with Crippen LogP contribution in [0.1, 0.15) is 11.7 Å². The van der Waals surface area contributed by atoms with Crippen LogP contribution in [-0.4, -0.2) is 26.3 Å². The molecule has 0 spiro atoms. The Morgan fingerprint density at radius 1 is 1.47 bits per heavy atom. The molecule has 1 atom stereocenters. The highest BCUT2D eigenvalue weighted by Crippen LogP contribution is 2.32. The average molecular weight is 264 g/mol. The minimum Gasteiger partial charge on any atom is -0.434 e. The van der Waals surface area contributed by atoms with E-state index in [0.29, 0.717) is 23.7 Å². The SMILES string of the molecule is FC(F)Oc1ccc(Cl)cc1C1CNCCO1. The maximum absolute atomic E-state index is 12.3. The molecule has 1 aliphatic heterocycles. The van der Waals surface area contributed by atoms with Crippen molar-refractivity contribution >= 4 is 11.6 Å². The molecule has 0 radical (unpaired) electrons. The molecule has 1 N–H and O–H groups in total. The van der Waals surface area contributed by atoms with Gasteiger partial charge in [-0.1, -0.05) is 11.6 Å². The maximum atomic E-state index is 12.3. The van der Waals surface area contributed by atoms with Gasteiger partial charge in [0.1, 0.15) is 5.75 Å². The predicted octanol–water partition coefficient (Wildman–Crippen LogP) is 2.60. The van der Waals surface area contributed by atoms with Crippen LogP contribution in [0.3, 0.4) is 0 Å². The summed E-state index contributed by atoms with van der Waals surface area (Å²) >= 11 is 5.85. The van der Waals surface area contributed by atoms with Gasteiger partial charge in [0.05, 0.1) is 12.7 Å². The number of benzene rings is 1. The van der Waals surface area contributed by atoms with Gasteiger partial charge < -0.3 is 14.8 Å². The predicted molar refractivity (Wildman–Crippen MR) is 59.6 cm³/mol. The van der Waals surface area contributed by atoms with Gasteiger partial charge in [0, 0.05) is 23.7 Å². The minimum atomic E-state index is -2.86. The highest BCUT2D eigenvalue weighted by Gasteiger charge is 2.21.